The van der Waals surface area contributed by atoms with Crippen molar-refractivity contribution >= 4 is 35.0 Å². The van der Waals surface area contributed by atoms with Crippen LogP contribution in [0.5, 0.6) is 11.5 Å². The molecule has 0 unspecified atom stereocenters. The molecule has 1 saturated heterocycles. The quantitative estimate of drug-likeness (QED) is 0.512. The van der Waals surface area contributed by atoms with Crippen molar-refractivity contribution in [2.75, 3.05) is 7.11 Å². The zero-order valence-corrected chi connectivity index (χ0v) is 14.0. The van der Waals surface area contributed by atoms with Crippen LogP contribution in [0.1, 0.15) is 31.2 Å². The van der Waals surface area contributed by atoms with Crippen LogP contribution < -0.4 is 14.8 Å². The second-order valence-corrected chi connectivity index (χ2v) is 6.68. The van der Waals surface area contributed by atoms with Crippen molar-refractivity contribution in [2.45, 2.75) is 25.7 Å². The van der Waals surface area contributed by atoms with Crippen LogP contribution in [0.25, 0.3) is 6.08 Å². The van der Waals surface area contributed by atoms with Crippen LogP contribution in [0.3, 0.4) is 0 Å². The van der Waals surface area contributed by atoms with Crippen LogP contribution in [0, 0.1) is 5.92 Å². The van der Waals surface area contributed by atoms with Gasteiger partial charge in [0.1, 0.15) is 0 Å². The van der Waals surface area contributed by atoms with E-state index in [1.807, 2.05) is 0 Å². The van der Waals surface area contributed by atoms with E-state index in [9.17, 15) is 14.4 Å². The predicted molar refractivity (Wildman–Crippen MR) is 89.7 cm³/mol. The number of carbonyl (C=O) groups is 3. The van der Waals surface area contributed by atoms with Crippen LogP contribution in [0.4, 0.5) is 4.79 Å². The topological polar surface area (TPSA) is 81.7 Å². The first-order chi connectivity index (χ1) is 11.6. The van der Waals surface area contributed by atoms with Gasteiger partial charge >= 0.3 is 5.97 Å². The normalized spacial score (nSPS) is 19.6. The van der Waals surface area contributed by atoms with E-state index in [4.69, 9.17) is 9.47 Å². The lowest BCUT2D eigenvalue weighted by Crippen LogP contribution is -2.18. The highest BCUT2D eigenvalue weighted by molar-refractivity contribution is 8.18. The van der Waals surface area contributed by atoms with Crippen molar-refractivity contribution in [2.24, 2.45) is 5.92 Å². The number of ether oxygens (including phenoxy) is 2. The summed E-state index contributed by atoms with van der Waals surface area (Å²) in [6, 6.07) is 5.02. The molecule has 0 atom stereocenters. The molecule has 0 radical (unpaired) electrons. The summed E-state index contributed by atoms with van der Waals surface area (Å²) >= 11 is 0.849. The number of imide groups is 1. The molecule has 1 aliphatic carbocycles. The molecule has 0 bridgehead atoms. The summed E-state index contributed by atoms with van der Waals surface area (Å²) in [4.78, 5) is 35.2. The molecule has 0 aromatic heterocycles. The van der Waals surface area contributed by atoms with Crippen molar-refractivity contribution in [1.82, 2.24) is 5.32 Å². The summed E-state index contributed by atoms with van der Waals surface area (Å²) < 4.78 is 10.7. The number of methoxy groups -OCH3 is 1. The van der Waals surface area contributed by atoms with Gasteiger partial charge in [-0.1, -0.05) is 18.9 Å². The number of thioether (sulfide) groups is 1. The van der Waals surface area contributed by atoms with Crippen LogP contribution in [-0.2, 0) is 9.59 Å². The first kappa shape index (κ1) is 16.6. The summed E-state index contributed by atoms with van der Waals surface area (Å²) in [5.74, 6) is 0.0802. The van der Waals surface area contributed by atoms with E-state index in [0.717, 1.165) is 37.4 Å². The average molecular weight is 347 g/mol. The number of amides is 2. The number of rotatable bonds is 4. The lowest BCUT2D eigenvalue weighted by atomic mass is 10.1. The Morgan fingerprint density at radius 3 is 2.62 bits per heavy atom. The molecular formula is C17H17NO5S. The third-order valence-electron chi connectivity index (χ3n) is 4.03. The zero-order valence-electron chi connectivity index (χ0n) is 13.2. The smallest absolute Gasteiger partial charge is 0.314 e. The Labute approximate surface area is 143 Å². The van der Waals surface area contributed by atoms with Crippen molar-refractivity contribution in [1.29, 1.82) is 0 Å². The standard InChI is InChI=1S/C17H17NO5S/c1-22-13-8-10(9-14-15(19)18-17(21)24-14)6-7-12(13)23-16(20)11-4-2-3-5-11/h6-9,11H,2-5H2,1H3,(H,18,19,21). The van der Waals surface area contributed by atoms with Gasteiger partial charge in [-0.15, -0.1) is 0 Å². The van der Waals surface area contributed by atoms with Gasteiger partial charge in [0.15, 0.2) is 11.5 Å². The molecule has 2 fully saturated rings. The summed E-state index contributed by atoms with van der Waals surface area (Å²) in [5, 5.41) is 1.81. The summed E-state index contributed by atoms with van der Waals surface area (Å²) in [7, 11) is 1.49. The van der Waals surface area contributed by atoms with Crippen molar-refractivity contribution in [3.05, 3.63) is 28.7 Å². The minimum absolute atomic E-state index is 0.0407. The summed E-state index contributed by atoms with van der Waals surface area (Å²) in [5.41, 5.74) is 0.680. The largest absolute Gasteiger partial charge is 0.493 e. The Morgan fingerprint density at radius 2 is 2.00 bits per heavy atom. The van der Waals surface area contributed by atoms with E-state index in [0.29, 0.717) is 22.0 Å². The Balaban J connectivity index is 1.78. The molecular weight excluding hydrogens is 330 g/mol. The van der Waals surface area contributed by atoms with Crippen LogP contribution in [-0.4, -0.2) is 24.2 Å². The highest BCUT2D eigenvalue weighted by atomic mass is 32.2. The lowest BCUT2D eigenvalue weighted by molar-refractivity contribution is -0.138. The maximum absolute atomic E-state index is 12.1. The molecule has 1 heterocycles. The zero-order chi connectivity index (χ0) is 17.1. The fourth-order valence-corrected chi connectivity index (χ4v) is 3.47. The van der Waals surface area contributed by atoms with E-state index in [1.54, 1.807) is 24.3 Å². The molecule has 1 N–H and O–H groups in total. The summed E-state index contributed by atoms with van der Waals surface area (Å²) in [6.07, 6.45) is 5.44. The van der Waals surface area contributed by atoms with E-state index in [2.05, 4.69) is 5.32 Å². The van der Waals surface area contributed by atoms with Crippen LogP contribution in [0.2, 0.25) is 0 Å². The SMILES string of the molecule is COc1cc(C=C2SC(=O)NC2=O)ccc1OC(=O)C1CCCC1. The number of hydrogen-bond donors (Lipinski definition) is 1. The number of benzene rings is 1. The highest BCUT2D eigenvalue weighted by Crippen LogP contribution is 2.33. The van der Waals surface area contributed by atoms with E-state index in [1.165, 1.54) is 7.11 Å². The van der Waals surface area contributed by atoms with Gasteiger partial charge in [0, 0.05) is 0 Å². The van der Waals surface area contributed by atoms with Crippen molar-refractivity contribution in [3.63, 3.8) is 0 Å². The van der Waals surface area contributed by atoms with Crippen LogP contribution in [0.15, 0.2) is 23.1 Å². The monoisotopic (exact) mass is 347 g/mol. The number of carbonyl (C=O) groups excluding carboxylic acids is 3. The molecule has 6 nitrogen and oxygen atoms in total. The maximum Gasteiger partial charge on any atom is 0.314 e. The molecule has 2 aliphatic rings. The van der Waals surface area contributed by atoms with E-state index < -0.39 is 5.91 Å². The molecule has 1 aliphatic heterocycles. The first-order valence-electron chi connectivity index (χ1n) is 7.71. The van der Waals surface area contributed by atoms with Gasteiger partial charge in [0.25, 0.3) is 11.1 Å². The minimum atomic E-state index is -0.416. The molecule has 1 aromatic carbocycles. The molecule has 1 saturated carbocycles. The second kappa shape index (κ2) is 7.09. The number of hydrogen-bond acceptors (Lipinski definition) is 6. The van der Waals surface area contributed by atoms with Gasteiger partial charge in [0.2, 0.25) is 0 Å². The second-order valence-electron chi connectivity index (χ2n) is 5.67. The van der Waals surface area contributed by atoms with E-state index >= 15 is 0 Å². The highest BCUT2D eigenvalue weighted by Gasteiger charge is 2.26. The van der Waals surface area contributed by atoms with Gasteiger partial charge in [-0.05, 0) is 48.4 Å². The Morgan fingerprint density at radius 1 is 1.25 bits per heavy atom. The third-order valence-corrected chi connectivity index (χ3v) is 4.84. The lowest BCUT2D eigenvalue weighted by Gasteiger charge is -2.12. The number of esters is 1. The average Bonchev–Trinajstić information content (AvgIpc) is 3.19. The molecule has 1 aromatic rings. The Hall–Kier alpha value is -2.28. The molecule has 0 spiro atoms. The fraction of sp³-hybridized carbons (Fsp3) is 0.353. The van der Waals surface area contributed by atoms with Crippen molar-refractivity contribution < 1.29 is 23.9 Å². The number of nitrogens with one attached hydrogen (secondary N) is 1. The maximum atomic E-state index is 12.1. The van der Waals surface area contributed by atoms with Gasteiger partial charge in [-0.2, -0.15) is 0 Å². The molecule has 3 rings (SSSR count). The molecule has 7 heteroatoms. The van der Waals surface area contributed by atoms with Crippen molar-refractivity contribution in [3.8, 4) is 11.5 Å². The predicted octanol–water partition coefficient (Wildman–Crippen LogP) is 3.11. The van der Waals surface area contributed by atoms with Crippen LogP contribution >= 0.6 is 11.8 Å². The Bertz CT molecular complexity index is 722. The van der Waals surface area contributed by atoms with Gasteiger partial charge < -0.3 is 9.47 Å². The minimum Gasteiger partial charge on any atom is -0.493 e. The Kier molecular flexibility index (Phi) is 4.89. The molecule has 24 heavy (non-hydrogen) atoms. The fourth-order valence-electron chi connectivity index (χ4n) is 2.78. The molecule has 2 amide bonds. The van der Waals surface area contributed by atoms with Gasteiger partial charge in [0.05, 0.1) is 17.9 Å². The first-order valence-corrected chi connectivity index (χ1v) is 8.53. The third kappa shape index (κ3) is 3.62. The van der Waals surface area contributed by atoms with Gasteiger partial charge in [-0.25, -0.2) is 0 Å². The molecule has 126 valence electrons. The van der Waals surface area contributed by atoms with E-state index in [-0.39, 0.29) is 17.1 Å². The summed E-state index contributed by atoms with van der Waals surface area (Å²) in [6.45, 7) is 0. The van der Waals surface area contributed by atoms with Gasteiger partial charge in [-0.3, -0.25) is 19.7 Å².